The van der Waals surface area contributed by atoms with Gasteiger partial charge in [-0.15, -0.1) is 0 Å². The van der Waals surface area contributed by atoms with Gasteiger partial charge in [-0.2, -0.15) is 0 Å². The molecule has 1 spiro atoms. The molecule has 13 heavy (non-hydrogen) atoms. The molecule has 1 N–H and O–H groups in total. The molecule has 0 aromatic heterocycles. The van der Waals surface area contributed by atoms with Crippen molar-refractivity contribution in [2.75, 3.05) is 19.6 Å². The van der Waals surface area contributed by atoms with Gasteiger partial charge in [0.1, 0.15) is 0 Å². The first-order valence-corrected chi connectivity index (χ1v) is 5.24. The third-order valence-corrected chi connectivity index (χ3v) is 3.79. The lowest BCUT2D eigenvalue weighted by molar-refractivity contribution is -0.173. The molecular weight excluding hydrogens is 164 g/mol. The van der Waals surface area contributed by atoms with Crippen molar-refractivity contribution in [2.24, 2.45) is 5.41 Å². The Balaban J connectivity index is 2.11. The molecule has 0 saturated carbocycles. The fourth-order valence-electron chi connectivity index (χ4n) is 2.79. The van der Waals surface area contributed by atoms with Crippen LogP contribution >= 0.6 is 0 Å². The molecule has 3 heteroatoms. The number of nitrogens with one attached hydrogen (secondary N) is 1. The average molecular weight is 182 g/mol. The van der Waals surface area contributed by atoms with Crippen LogP contribution in [0.25, 0.3) is 0 Å². The minimum absolute atomic E-state index is 0.0151. The Hall–Kier alpha value is -0.570. The lowest BCUT2D eigenvalue weighted by Gasteiger charge is -2.56. The summed E-state index contributed by atoms with van der Waals surface area (Å²) in [5.41, 5.74) is 0.0151. The first-order chi connectivity index (χ1) is 6.22. The normalized spacial score (nSPS) is 32.0. The molecule has 3 nitrogen and oxygen atoms in total. The molecule has 2 rings (SSSR count). The third-order valence-electron chi connectivity index (χ3n) is 3.79. The second-order valence-corrected chi connectivity index (χ2v) is 4.17. The minimum Gasteiger partial charge on any atom is -0.339 e. The SMILES string of the molecule is CCN1C(=O)C2(CCNCC2)C1C. The summed E-state index contributed by atoms with van der Waals surface area (Å²) in [5.74, 6) is 0.393. The summed E-state index contributed by atoms with van der Waals surface area (Å²) in [7, 11) is 0. The Bertz CT molecular complexity index is 221. The van der Waals surface area contributed by atoms with Crippen LogP contribution in [0, 0.1) is 5.41 Å². The molecule has 2 aliphatic heterocycles. The molecule has 1 amide bonds. The van der Waals surface area contributed by atoms with Crippen LogP contribution in [0.2, 0.25) is 0 Å². The Morgan fingerprint density at radius 1 is 1.54 bits per heavy atom. The third kappa shape index (κ3) is 1.03. The van der Waals surface area contributed by atoms with Crippen molar-refractivity contribution >= 4 is 5.91 Å². The molecule has 0 aromatic rings. The zero-order valence-corrected chi connectivity index (χ0v) is 8.47. The molecule has 0 aliphatic carbocycles. The van der Waals surface area contributed by atoms with E-state index in [0.29, 0.717) is 11.9 Å². The number of carbonyl (C=O) groups excluding carboxylic acids is 1. The van der Waals surface area contributed by atoms with E-state index in [9.17, 15) is 4.79 Å². The van der Waals surface area contributed by atoms with Crippen molar-refractivity contribution in [1.29, 1.82) is 0 Å². The predicted octanol–water partition coefficient (Wildman–Crippen LogP) is 0.607. The summed E-state index contributed by atoms with van der Waals surface area (Å²) in [6.45, 7) is 7.13. The Morgan fingerprint density at radius 2 is 2.15 bits per heavy atom. The second kappa shape index (κ2) is 2.98. The zero-order chi connectivity index (χ0) is 9.47. The smallest absolute Gasteiger partial charge is 0.231 e. The van der Waals surface area contributed by atoms with Gasteiger partial charge >= 0.3 is 0 Å². The molecule has 74 valence electrons. The highest BCUT2D eigenvalue weighted by atomic mass is 16.2. The number of hydrogen-bond acceptors (Lipinski definition) is 2. The Kier molecular flexibility index (Phi) is 2.06. The Morgan fingerprint density at radius 3 is 2.62 bits per heavy atom. The average Bonchev–Trinajstić information content (AvgIpc) is 2.20. The van der Waals surface area contributed by atoms with Gasteiger partial charge in [0.25, 0.3) is 0 Å². The van der Waals surface area contributed by atoms with E-state index < -0.39 is 0 Å². The molecule has 2 saturated heterocycles. The van der Waals surface area contributed by atoms with Crippen molar-refractivity contribution in [2.45, 2.75) is 32.7 Å². The molecule has 2 heterocycles. The van der Waals surface area contributed by atoms with E-state index in [1.807, 2.05) is 4.90 Å². The quantitative estimate of drug-likeness (QED) is 0.602. The van der Waals surface area contributed by atoms with Gasteiger partial charge in [-0.1, -0.05) is 0 Å². The molecule has 0 radical (unpaired) electrons. The van der Waals surface area contributed by atoms with Gasteiger partial charge in [-0.05, 0) is 39.8 Å². The standard InChI is InChI=1S/C10H18N2O/c1-3-12-8(2)10(9(12)13)4-6-11-7-5-10/h8,11H,3-7H2,1-2H3. The van der Waals surface area contributed by atoms with Crippen LogP contribution in [0.5, 0.6) is 0 Å². The first-order valence-electron chi connectivity index (χ1n) is 5.24. The topological polar surface area (TPSA) is 32.3 Å². The van der Waals surface area contributed by atoms with Crippen LogP contribution in [0.3, 0.4) is 0 Å². The van der Waals surface area contributed by atoms with Crippen LogP contribution in [0.15, 0.2) is 0 Å². The van der Waals surface area contributed by atoms with Crippen LogP contribution in [-0.4, -0.2) is 36.5 Å². The van der Waals surface area contributed by atoms with E-state index in [2.05, 4.69) is 19.2 Å². The van der Waals surface area contributed by atoms with E-state index in [-0.39, 0.29) is 5.41 Å². The minimum atomic E-state index is 0.0151. The molecule has 1 atom stereocenters. The van der Waals surface area contributed by atoms with E-state index in [1.165, 1.54) is 0 Å². The van der Waals surface area contributed by atoms with Crippen LogP contribution in [0.4, 0.5) is 0 Å². The van der Waals surface area contributed by atoms with Crippen molar-refractivity contribution < 1.29 is 4.79 Å². The van der Waals surface area contributed by atoms with Crippen LogP contribution < -0.4 is 5.32 Å². The molecule has 0 bridgehead atoms. The lowest BCUT2D eigenvalue weighted by atomic mass is 9.65. The lowest BCUT2D eigenvalue weighted by Crippen LogP contribution is -2.69. The summed E-state index contributed by atoms with van der Waals surface area (Å²) in [5, 5.41) is 3.31. The number of piperidine rings is 1. The highest BCUT2D eigenvalue weighted by Gasteiger charge is 2.57. The molecule has 2 fully saturated rings. The van der Waals surface area contributed by atoms with Crippen LogP contribution in [0.1, 0.15) is 26.7 Å². The molecule has 1 unspecified atom stereocenters. The molecular formula is C10H18N2O. The van der Waals surface area contributed by atoms with Gasteiger partial charge in [0, 0.05) is 12.6 Å². The van der Waals surface area contributed by atoms with Gasteiger partial charge < -0.3 is 10.2 Å². The first kappa shape index (κ1) is 9.00. The monoisotopic (exact) mass is 182 g/mol. The summed E-state index contributed by atoms with van der Waals surface area (Å²) in [4.78, 5) is 13.9. The number of amides is 1. The highest BCUT2D eigenvalue weighted by molar-refractivity contribution is 5.90. The molecule has 2 aliphatic rings. The van der Waals surface area contributed by atoms with Gasteiger partial charge in [0.15, 0.2) is 0 Å². The maximum absolute atomic E-state index is 11.9. The van der Waals surface area contributed by atoms with Crippen LogP contribution in [-0.2, 0) is 4.79 Å². The fraction of sp³-hybridized carbons (Fsp3) is 0.900. The number of hydrogen-bond donors (Lipinski definition) is 1. The van der Waals surface area contributed by atoms with E-state index in [0.717, 1.165) is 32.5 Å². The largest absolute Gasteiger partial charge is 0.339 e. The van der Waals surface area contributed by atoms with Gasteiger partial charge in [-0.3, -0.25) is 4.79 Å². The van der Waals surface area contributed by atoms with Crippen molar-refractivity contribution in [3.63, 3.8) is 0 Å². The summed E-state index contributed by atoms with van der Waals surface area (Å²) >= 11 is 0. The highest BCUT2D eigenvalue weighted by Crippen LogP contribution is 2.45. The number of β-lactam (4-membered cyclic amide) rings is 1. The number of rotatable bonds is 1. The molecule has 0 aromatic carbocycles. The maximum atomic E-state index is 11.9. The Labute approximate surface area is 79.5 Å². The summed E-state index contributed by atoms with van der Waals surface area (Å²) < 4.78 is 0. The predicted molar refractivity (Wildman–Crippen MR) is 51.4 cm³/mol. The second-order valence-electron chi connectivity index (χ2n) is 4.17. The number of carbonyl (C=O) groups is 1. The summed E-state index contributed by atoms with van der Waals surface area (Å²) in [6, 6.07) is 0.465. The zero-order valence-electron chi connectivity index (χ0n) is 8.47. The van der Waals surface area contributed by atoms with E-state index in [4.69, 9.17) is 0 Å². The van der Waals surface area contributed by atoms with E-state index >= 15 is 0 Å². The van der Waals surface area contributed by atoms with Gasteiger partial charge in [0.2, 0.25) is 5.91 Å². The fourth-order valence-corrected chi connectivity index (χ4v) is 2.79. The number of likely N-dealkylation sites (tertiary alicyclic amines) is 1. The van der Waals surface area contributed by atoms with E-state index in [1.54, 1.807) is 0 Å². The summed E-state index contributed by atoms with van der Waals surface area (Å²) in [6.07, 6.45) is 2.06. The van der Waals surface area contributed by atoms with Crippen molar-refractivity contribution in [3.05, 3.63) is 0 Å². The van der Waals surface area contributed by atoms with Crippen molar-refractivity contribution in [3.8, 4) is 0 Å². The van der Waals surface area contributed by atoms with Gasteiger partial charge in [0.05, 0.1) is 5.41 Å². The van der Waals surface area contributed by atoms with Crippen molar-refractivity contribution in [1.82, 2.24) is 10.2 Å². The number of nitrogens with zero attached hydrogens (tertiary/aromatic N) is 1. The van der Waals surface area contributed by atoms with Gasteiger partial charge in [-0.25, -0.2) is 0 Å². The maximum Gasteiger partial charge on any atom is 0.231 e.